The van der Waals surface area contributed by atoms with Crippen molar-refractivity contribution in [3.05, 3.63) is 57.6 Å². The summed E-state index contributed by atoms with van der Waals surface area (Å²) in [6.07, 6.45) is 0. The van der Waals surface area contributed by atoms with Crippen LogP contribution in [-0.4, -0.2) is 41.9 Å². The number of rotatable bonds is 5. The highest BCUT2D eigenvalue weighted by Crippen LogP contribution is 2.49. The van der Waals surface area contributed by atoms with Gasteiger partial charge >= 0.3 is 0 Å². The van der Waals surface area contributed by atoms with Gasteiger partial charge in [0.2, 0.25) is 5.91 Å². The van der Waals surface area contributed by atoms with Gasteiger partial charge in [0.05, 0.1) is 12.6 Å². The summed E-state index contributed by atoms with van der Waals surface area (Å²) in [6, 6.07) is 11.5. The van der Waals surface area contributed by atoms with Gasteiger partial charge in [0.1, 0.15) is 11.7 Å². The lowest BCUT2D eigenvalue weighted by Gasteiger charge is -2.56. The van der Waals surface area contributed by atoms with E-state index in [2.05, 4.69) is 32.6 Å². The van der Waals surface area contributed by atoms with Crippen molar-refractivity contribution in [3.8, 4) is 5.75 Å². The van der Waals surface area contributed by atoms with Crippen LogP contribution in [-0.2, 0) is 9.53 Å². The molecule has 2 heterocycles. The van der Waals surface area contributed by atoms with E-state index in [1.807, 2.05) is 56.0 Å². The van der Waals surface area contributed by atoms with Gasteiger partial charge in [0.25, 0.3) is 0 Å². The lowest BCUT2D eigenvalue weighted by molar-refractivity contribution is -0.150. The average molecular weight is 504 g/mol. The zero-order chi connectivity index (χ0) is 22.3. The minimum absolute atomic E-state index is 0.123. The number of methoxy groups -OCH3 is 1. The summed E-state index contributed by atoms with van der Waals surface area (Å²) in [4.78, 5) is 15.6. The second kappa shape index (κ2) is 8.41. The van der Waals surface area contributed by atoms with Crippen LogP contribution in [0.25, 0.3) is 0 Å². The first-order valence-corrected chi connectivity index (χ1v) is 11.4. The monoisotopic (exact) mass is 503 g/mol. The van der Waals surface area contributed by atoms with E-state index < -0.39 is 11.6 Å². The maximum Gasteiger partial charge on any atom is 0.236 e. The topological polar surface area (TPSA) is 62.8 Å². The number of aryl methyl sites for hydroxylation is 2. The van der Waals surface area contributed by atoms with E-state index in [4.69, 9.17) is 21.7 Å². The van der Waals surface area contributed by atoms with Crippen molar-refractivity contribution in [1.82, 2.24) is 10.2 Å². The molecule has 31 heavy (non-hydrogen) atoms. The minimum atomic E-state index is -0.963. The highest BCUT2D eigenvalue weighted by atomic mass is 79.9. The third kappa shape index (κ3) is 3.92. The molecule has 1 fully saturated rings. The number of carbonyl (C=O) groups excluding carboxylic acids is 1. The van der Waals surface area contributed by atoms with E-state index >= 15 is 0 Å². The minimum Gasteiger partial charge on any atom is -0.467 e. The Balaban J connectivity index is 1.76. The maximum atomic E-state index is 13.7. The van der Waals surface area contributed by atoms with E-state index in [-0.39, 0.29) is 11.9 Å². The van der Waals surface area contributed by atoms with Crippen molar-refractivity contribution in [1.29, 1.82) is 0 Å². The number of anilines is 1. The molecule has 0 radical (unpaired) electrons. The van der Waals surface area contributed by atoms with E-state index in [1.165, 1.54) is 0 Å². The Morgan fingerprint density at radius 2 is 2.10 bits per heavy atom. The van der Waals surface area contributed by atoms with Crippen LogP contribution in [0.3, 0.4) is 0 Å². The van der Waals surface area contributed by atoms with Crippen molar-refractivity contribution >= 4 is 44.9 Å². The van der Waals surface area contributed by atoms with Crippen LogP contribution in [0, 0.1) is 19.8 Å². The van der Waals surface area contributed by atoms with Crippen LogP contribution in [0.15, 0.2) is 40.9 Å². The molecule has 2 N–H and O–H groups in total. The molecule has 0 spiro atoms. The van der Waals surface area contributed by atoms with E-state index in [0.717, 1.165) is 32.6 Å². The molecule has 8 heteroatoms. The number of thiocarbonyl (C=S) groups is 1. The number of hydrogen-bond donors (Lipinski definition) is 2. The first kappa shape index (κ1) is 22.0. The highest BCUT2D eigenvalue weighted by Gasteiger charge is 2.58. The van der Waals surface area contributed by atoms with Crippen molar-refractivity contribution in [2.24, 2.45) is 5.92 Å². The molecule has 164 valence electrons. The molecular weight excluding hydrogens is 478 g/mol. The Bertz CT molecular complexity index is 1050. The number of carbonyl (C=O) groups is 1. The van der Waals surface area contributed by atoms with Crippen LogP contribution in [0.4, 0.5) is 5.69 Å². The fourth-order valence-corrected chi connectivity index (χ4v) is 5.27. The maximum absolute atomic E-state index is 13.7. The number of nitrogens with zero attached hydrogens (tertiary/aromatic N) is 1. The Hall–Kier alpha value is -2.16. The molecule has 6 nitrogen and oxygen atoms in total. The third-order valence-electron chi connectivity index (χ3n) is 6.04. The SMILES string of the molecule is COCCN1C(=S)N[C@H]2c3cc(Br)ccc3O[C@@]1(C)[C@@H]2C(=O)Nc1ccc(C)cc1C. The average Bonchev–Trinajstić information content (AvgIpc) is 2.70. The Kier molecular flexibility index (Phi) is 5.98. The van der Waals surface area contributed by atoms with Gasteiger partial charge < -0.3 is 25.0 Å². The molecule has 1 amide bonds. The van der Waals surface area contributed by atoms with Crippen LogP contribution in [0.5, 0.6) is 5.75 Å². The predicted molar refractivity (Wildman–Crippen MR) is 128 cm³/mol. The van der Waals surface area contributed by atoms with Gasteiger partial charge in [-0.05, 0) is 62.8 Å². The quantitative estimate of drug-likeness (QED) is 0.592. The third-order valence-corrected chi connectivity index (χ3v) is 6.87. The second-order valence-corrected chi connectivity index (χ2v) is 9.50. The van der Waals surface area contributed by atoms with Crippen molar-refractivity contribution < 1.29 is 14.3 Å². The lowest BCUT2D eigenvalue weighted by atomic mass is 9.78. The van der Waals surface area contributed by atoms with Crippen LogP contribution >= 0.6 is 28.1 Å². The number of ether oxygens (including phenoxy) is 2. The molecule has 0 saturated carbocycles. The predicted octanol–water partition coefficient (Wildman–Crippen LogP) is 4.31. The van der Waals surface area contributed by atoms with Gasteiger partial charge in [0.15, 0.2) is 10.8 Å². The Morgan fingerprint density at radius 1 is 1.32 bits per heavy atom. The van der Waals surface area contributed by atoms with Gasteiger partial charge in [-0.1, -0.05) is 33.6 Å². The number of hydrogen-bond acceptors (Lipinski definition) is 4. The number of fused-ring (bicyclic) bond motifs is 4. The normalized spacial score (nSPS) is 24.2. The molecule has 2 aromatic carbocycles. The zero-order valence-electron chi connectivity index (χ0n) is 18.0. The molecule has 2 aliphatic rings. The molecule has 2 bridgehead atoms. The summed E-state index contributed by atoms with van der Waals surface area (Å²) >= 11 is 9.21. The summed E-state index contributed by atoms with van der Waals surface area (Å²) in [5, 5.41) is 7.07. The van der Waals surface area contributed by atoms with Gasteiger partial charge in [-0.25, -0.2) is 0 Å². The zero-order valence-corrected chi connectivity index (χ0v) is 20.4. The largest absolute Gasteiger partial charge is 0.467 e. The van der Waals surface area contributed by atoms with Gasteiger partial charge in [0, 0.05) is 29.4 Å². The Morgan fingerprint density at radius 3 is 2.81 bits per heavy atom. The fourth-order valence-electron chi connectivity index (χ4n) is 4.49. The van der Waals surface area contributed by atoms with E-state index in [9.17, 15) is 4.79 Å². The van der Waals surface area contributed by atoms with Gasteiger partial charge in [-0.15, -0.1) is 0 Å². The first-order valence-electron chi connectivity index (χ1n) is 10.2. The van der Waals surface area contributed by atoms with E-state index in [1.54, 1.807) is 7.11 Å². The van der Waals surface area contributed by atoms with Crippen LogP contribution in [0.1, 0.15) is 29.7 Å². The molecular formula is C23H26BrN3O3S. The second-order valence-electron chi connectivity index (χ2n) is 8.20. The number of benzene rings is 2. The first-order chi connectivity index (χ1) is 14.7. The van der Waals surface area contributed by atoms with Gasteiger partial charge in [-0.3, -0.25) is 4.79 Å². The summed E-state index contributed by atoms with van der Waals surface area (Å²) in [5.74, 6) is 0.0738. The van der Waals surface area contributed by atoms with Crippen LogP contribution < -0.4 is 15.4 Å². The van der Waals surface area contributed by atoms with Gasteiger partial charge in [-0.2, -0.15) is 0 Å². The molecule has 1 saturated heterocycles. The molecule has 0 unspecified atom stereocenters. The summed E-state index contributed by atoms with van der Waals surface area (Å²) in [6.45, 7) is 6.92. The van der Waals surface area contributed by atoms with Crippen molar-refractivity contribution in [3.63, 3.8) is 0 Å². The summed E-state index contributed by atoms with van der Waals surface area (Å²) < 4.78 is 12.7. The van der Waals surface area contributed by atoms with Crippen molar-refractivity contribution in [2.75, 3.05) is 25.6 Å². The summed E-state index contributed by atoms with van der Waals surface area (Å²) in [5.41, 5.74) is 2.90. The fraction of sp³-hybridized carbons (Fsp3) is 0.391. The summed E-state index contributed by atoms with van der Waals surface area (Å²) in [7, 11) is 1.64. The molecule has 3 atom stereocenters. The number of nitrogens with one attached hydrogen (secondary N) is 2. The molecule has 2 aromatic rings. The molecule has 2 aliphatic heterocycles. The van der Waals surface area contributed by atoms with E-state index in [0.29, 0.717) is 18.3 Å². The molecule has 4 rings (SSSR count). The Labute approximate surface area is 196 Å². The highest BCUT2D eigenvalue weighted by molar-refractivity contribution is 9.10. The van der Waals surface area contributed by atoms with Crippen LogP contribution in [0.2, 0.25) is 0 Å². The smallest absolute Gasteiger partial charge is 0.236 e. The molecule has 0 aromatic heterocycles. The van der Waals surface area contributed by atoms with Crippen molar-refractivity contribution in [2.45, 2.75) is 32.5 Å². The standard InChI is InChI=1S/C23H26BrN3O3S/c1-13-5-7-17(14(2)11-13)25-21(28)19-20-16-12-15(24)6-8-18(16)30-23(19,3)27(9-10-29-4)22(31)26-20/h5-8,11-12,19-20H,9-10H2,1-4H3,(H,25,28)(H,26,31)/t19-,20-,23-/m0/s1. The number of halogens is 1. The molecule has 0 aliphatic carbocycles. The number of amides is 1. The lowest BCUT2D eigenvalue weighted by Crippen LogP contribution is -2.72.